The van der Waals surface area contributed by atoms with Gasteiger partial charge in [-0.2, -0.15) is 0 Å². The highest BCUT2D eigenvalue weighted by atomic mass is 16.3. The van der Waals surface area contributed by atoms with Crippen molar-refractivity contribution in [3.63, 3.8) is 0 Å². The maximum absolute atomic E-state index is 12.5. The molecule has 0 bridgehead atoms. The highest BCUT2D eigenvalue weighted by Crippen LogP contribution is 2.21. The van der Waals surface area contributed by atoms with Gasteiger partial charge in [-0.05, 0) is 64.3 Å². The summed E-state index contributed by atoms with van der Waals surface area (Å²) in [5.74, 6) is 3.07. The van der Waals surface area contributed by atoms with Gasteiger partial charge in [0.2, 0.25) is 5.95 Å². The van der Waals surface area contributed by atoms with E-state index in [0.717, 1.165) is 44.0 Å². The van der Waals surface area contributed by atoms with Crippen LogP contribution < -0.4 is 10.2 Å². The summed E-state index contributed by atoms with van der Waals surface area (Å²) in [4.78, 5) is 25.4. The van der Waals surface area contributed by atoms with Crippen LogP contribution in [0.25, 0.3) is 0 Å². The molecule has 152 valence electrons. The van der Waals surface area contributed by atoms with Gasteiger partial charge in [0.05, 0.1) is 17.8 Å². The second-order valence-electron chi connectivity index (χ2n) is 7.94. The predicted molar refractivity (Wildman–Crippen MR) is 110 cm³/mol. The SMILES string of the molecule is Cc1cc(CN2CCC(CNC(=O)c3cnc(N(C)C)nc3C)CC2)oc1C. The highest BCUT2D eigenvalue weighted by molar-refractivity contribution is 5.94. The van der Waals surface area contributed by atoms with E-state index in [1.165, 1.54) is 5.56 Å². The third kappa shape index (κ3) is 4.90. The monoisotopic (exact) mass is 385 g/mol. The summed E-state index contributed by atoms with van der Waals surface area (Å²) >= 11 is 0. The van der Waals surface area contributed by atoms with Gasteiger partial charge >= 0.3 is 0 Å². The first-order valence-electron chi connectivity index (χ1n) is 9.91. The molecule has 3 heterocycles. The van der Waals surface area contributed by atoms with E-state index in [4.69, 9.17) is 4.42 Å². The quantitative estimate of drug-likeness (QED) is 0.824. The van der Waals surface area contributed by atoms with Crippen LogP contribution in [0, 0.1) is 26.7 Å². The van der Waals surface area contributed by atoms with E-state index in [1.54, 1.807) is 6.20 Å². The molecule has 0 aliphatic carbocycles. The summed E-state index contributed by atoms with van der Waals surface area (Å²) in [5, 5.41) is 3.06. The number of anilines is 1. The van der Waals surface area contributed by atoms with E-state index in [9.17, 15) is 4.79 Å². The van der Waals surface area contributed by atoms with Crippen LogP contribution in [0.3, 0.4) is 0 Å². The number of rotatable bonds is 6. The van der Waals surface area contributed by atoms with Gasteiger partial charge < -0.3 is 14.6 Å². The van der Waals surface area contributed by atoms with Crippen LogP contribution in [-0.2, 0) is 6.54 Å². The van der Waals surface area contributed by atoms with Crippen LogP contribution in [0.15, 0.2) is 16.7 Å². The van der Waals surface area contributed by atoms with Crippen LogP contribution >= 0.6 is 0 Å². The number of furan rings is 1. The summed E-state index contributed by atoms with van der Waals surface area (Å²) in [5.41, 5.74) is 2.46. The van der Waals surface area contributed by atoms with E-state index in [2.05, 4.69) is 33.2 Å². The molecule has 28 heavy (non-hydrogen) atoms. The summed E-state index contributed by atoms with van der Waals surface area (Å²) in [6.45, 7) is 9.55. The number of carbonyl (C=O) groups excluding carboxylic acids is 1. The van der Waals surface area contributed by atoms with E-state index in [1.807, 2.05) is 32.8 Å². The lowest BCUT2D eigenvalue weighted by Gasteiger charge is -2.31. The Morgan fingerprint density at radius 2 is 2.00 bits per heavy atom. The molecule has 1 N–H and O–H groups in total. The number of aromatic nitrogens is 2. The van der Waals surface area contributed by atoms with Crippen molar-refractivity contribution in [2.45, 2.75) is 40.2 Å². The van der Waals surface area contributed by atoms with Crippen molar-refractivity contribution in [3.8, 4) is 0 Å². The lowest BCUT2D eigenvalue weighted by molar-refractivity contribution is 0.0932. The Balaban J connectivity index is 1.45. The molecule has 2 aromatic rings. The van der Waals surface area contributed by atoms with Crippen molar-refractivity contribution in [2.24, 2.45) is 5.92 Å². The third-order valence-electron chi connectivity index (χ3n) is 5.47. The largest absolute Gasteiger partial charge is 0.465 e. The van der Waals surface area contributed by atoms with Crippen molar-refractivity contribution in [1.82, 2.24) is 20.2 Å². The Morgan fingerprint density at radius 3 is 2.57 bits per heavy atom. The first kappa shape index (κ1) is 20.3. The minimum atomic E-state index is -0.0910. The fourth-order valence-electron chi connectivity index (χ4n) is 3.52. The number of aryl methyl sites for hydroxylation is 3. The van der Waals surface area contributed by atoms with Gasteiger partial charge in [0.1, 0.15) is 11.5 Å². The number of likely N-dealkylation sites (tertiary alicyclic amines) is 1. The van der Waals surface area contributed by atoms with Crippen LogP contribution in [0.2, 0.25) is 0 Å². The smallest absolute Gasteiger partial charge is 0.254 e. The van der Waals surface area contributed by atoms with Crippen molar-refractivity contribution in [1.29, 1.82) is 0 Å². The van der Waals surface area contributed by atoms with Gasteiger partial charge in [-0.1, -0.05) is 0 Å². The van der Waals surface area contributed by atoms with Gasteiger partial charge in [0.15, 0.2) is 0 Å². The summed E-state index contributed by atoms with van der Waals surface area (Å²) in [6, 6.07) is 2.13. The standard InChI is InChI=1S/C21H31N5O2/c1-14-10-18(28-16(14)3)13-26-8-6-17(7-9-26)11-22-20(27)19-12-23-21(25(4)5)24-15(19)2/h10,12,17H,6-9,11,13H2,1-5H3,(H,22,27). The van der Waals surface area contributed by atoms with E-state index in [0.29, 0.717) is 29.7 Å². The Labute approximate surface area is 167 Å². The molecule has 3 rings (SSSR count). The fourth-order valence-corrected chi connectivity index (χ4v) is 3.52. The summed E-state index contributed by atoms with van der Waals surface area (Å²) in [7, 11) is 3.77. The van der Waals surface area contributed by atoms with Gasteiger partial charge in [-0.15, -0.1) is 0 Å². The summed E-state index contributed by atoms with van der Waals surface area (Å²) in [6.07, 6.45) is 3.77. The van der Waals surface area contributed by atoms with Crippen molar-refractivity contribution in [2.75, 3.05) is 38.6 Å². The zero-order chi connectivity index (χ0) is 20.3. The molecule has 0 atom stereocenters. The first-order chi connectivity index (χ1) is 13.3. The molecule has 1 saturated heterocycles. The Kier molecular flexibility index (Phi) is 6.34. The van der Waals surface area contributed by atoms with Gasteiger partial charge in [0.25, 0.3) is 5.91 Å². The lowest BCUT2D eigenvalue weighted by atomic mass is 9.96. The molecule has 7 heteroatoms. The van der Waals surface area contributed by atoms with Crippen LogP contribution in [0.4, 0.5) is 5.95 Å². The number of hydrogen-bond acceptors (Lipinski definition) is 6. The molecule has 0 saturated carbocycles. The molecule has 1 aliphatic heterocycles. The molecule has 0 aromatic carbocycles. The number of nitrogens with one attached hydrogen (secondary N) is 1. The lowest BCUT2D eigenvalue weighted by Crippen LogP contribution is -2.38. The first-order valence-corrected chi connectivity index (χ1v) is 9.91. The van der Waals surface area contributed by atoms with Crippen molar-refractivity contribution in [3.05, 3.63) is 40.6 Å². The van der Waals surface area contributed by atoms with Crippen molar-refractivity contribution < 1.29 is 9.21 Å². The number of carbonyl (C=O) groups is 1. The zero-order valence-corrected chi connectivity index (χ0v) is 17.6. The number of piperidine rings is 1. The molecule has 0 radical (unpaired) electrons. The molecule has 1 fully saturated rings. The molecular formula is C21H31N5O2. The molecule has 0 unspecified atom stereocenters. The maximum Gasteiger partial charge on any atom is 0.254 e. The Bertz CT molecular complexity index is 803. The van der Waals surface area contributed by atoms with E-state index >= 15 is 0 Å². The Hall–Kier alpha value is -2.41. The van der Waals surface area contributed by atoms with E-state index < -0.39 is 0 Å². The van der Waals surface area contributed by atoms with Crippen LogP contribution in [-0.4, -0.2) is 54.5 Å². The average molecular weight is 386 g/mol. The third-order valence-corrected chi connectivity index (χ3v) is 5.47. The second-order valence-corrected chi connectivity index (χ2v) is 7.94. The highest BCUT2D eigenvalue weighted by Gasteiger charge is 2.21. The molecule has 0 spiro atoms. The predicted octanol–water partition coefficient (Wildman–Crippen LogP) is 2.70. The molecule has 1 amide bonds. The number of hydrogen-bond donors (Lipinski definition) is 1. The fraction of sp³-hybridized carbons (Fsp3) is 0.571. The van der Waals surface area contributed by atoms with Crippen LogP contribution in [0.5, 0.6) is 0 Å². The number of amides is 1. The second kappa shape index (κ2) is 8.73. The van der Waals surface area contributed by atoms with Crippen LogP contribution in [0.1, 0.15) is 46.0 Å². The minimum Gasteiger partial charge on any atom is -0.465 e. The molecular weight excluding hydrogens is 354 g/mol. The summed E-state index contributed by atoms with van der Waals surface area (Å²) < 4.78 is 5.79. The van der Waals surface area contributed by atoms with Gasteiger partial charge in [-0.3, -0.25) is 9.69 Å². The zero-order valence-electron chi connectivity index (χ0n) is 17.6. The average Bonchev–Trinajstić information content (AvgIpc) is 2.97. The topological polar surface area (TPSA) is 74.5 Å². The van der Waals surface area contributed by atoms with Gasteiger partial charge in [-0.25, -0.2) is 9.97 Å². The normalized spacial score (nSPS) is 15.6. The molecule has 1 aliphatic rings. The maximum atomic E-state index is 12.5. The van der Waals surface area contributed by atoms with E-state index in [-0.39, 0.29) is 5.91 Å². The molecule has 7 nitrogen and oxygen atoms in total. The minimum absolute atomic E-state index is 0.0910. The van der Waals surface area contributed by atoms with Crippen molar-refractivity contribution >= 4 is 11.9 Å². The Morgan fingerprint density at radius 1 is 1.29 bits per heavy atom. The molecule has 2 aromatic heterocycles. The van der Waals surface area contributed by atoms with Gasteiger partial charge in [0, 0.05) is 26.8 Å². The number of nitrogens with zero attached hydrogens (tertiary/aromatic N) is 4.